The van der Waals surface area contributed by atoms with E-state index >= 15 is 0 Å². The summed E-state index contributed by atoms with van der Waals surface area (Å²) in [6.45, 7) is 5.41. The maximum absolute atomic E-state index is 12.2. The van der Waals surface area contributed by atoms with E-state index in [1.165, 1.54) is 5.56 Å². The molecular weight excluding hydrogens is 306 g/mol. The zero-order valence-corrected chi connectivity index (χ0v) is 13.6. The lowest BCUT2D eigenvalue weighted by molar-refractivity contribution is 0.0905. The van der Waals surface area contributed by atoms with Crippen LogP contribution in [-0.2, 0) is 6.54 Å². The van der Waals surface area contributed by atoms with Crippen LogP contribution in [0.2, 0.25) is 0 Å². The predicted octanol–water partition coefficient (Wildman–Crippen LogP) is 1.93. The number of nitrogens with one attached hydrogen (secondary N) is 1. The molecule has 6 heteroatoms. The van der Waals surface area contributed by atoms with E-state index in [1.54, 1.807) is 6.07 Å². The van der Waals surface area contributed by atoms with Crippen LogP contribution in [0.3, 0.4) is 0 Å². The highest BCUT2D eigenvalue weighted by Crippen LogP contribution is 2.46. The van der Waals surface area contributed by atoms with Crippen molar-refractivity contribution in [1.82, 2.24) is 15.4 Å². The molecule has 2 aromatic rings. The molecule has 2 heterocycles. The Morgan fingerprint density at radius 1 is 1.33 bits per heavy atom. The van der Waals surface area contributed by atoms with E-state index in [9.17, 15) is 4.79 Å². The van der Waals surface area contributed by atoms with Crippen molar-refractivity contribution in [2.75, 3.05) is 19.7 Å². The Labute approximate surface area is 140 Å². The number of aromatic nitrogens is 1. The fourth-order valence-corrected chi connectivity index (χ4v) is 3.60. The zero-order chi connectivity index (χ0) is 16.5. The number of amides is 1. The SMILES string of the molecule is CCOc1cc(C(=O)NC2[C@H]3CN(Cc4ccccc4)C[C@@H]23)on1. The highest BCUT2D eigenvalue weighted by atomic mass is 16.5. The first kappa shape index (κ1) is 15.2. The molecule has 1 aliphatic carbocycles. The first-order valence-corrected chi connectivity index (χ1v) is 8.41. The number of carbonyl (C=O) groups excluding carboxylic acids is 1. The van der Waals surface area contributed by atoms with Crippen molar-refractivity contribution in [3.05, 3.63) is 47.7 Å². The summed E-state index contributed by atoms with van der Waals surface area (Å²) in [4.78, 5) is 14.7. The van der Waals surface area contributed by atoms with Crippen molar-refractivity contribution >= 4 is 5.91 Å². The van der Waals surface area contributed by atoms with Crippen molar-refractivity contribution in [2.45, 2.75) is 19.5 Å². The molecule has 0 spiro atoms. The summed E-state index contributed by atoms with van der Waals surface area (Å²) in [7, 11) is 0. The van der Waals surface area contributed by atoms with Crippen LogP contribution in [-0.4, -0.2) is 41.7 Å². The number of rotatable bonds is 6. The number of fused-ring (bicyclic) bond motifs is 1. The lowest BCUT2D eigenvalue weighted by Crippen LogP contribution is -2.34. The molecule has 1 saturated heterocycles. The minimum atomic E-state index is -0.206. The third kappa shape index (κ3) is 3.01. The third-order valence-electron chi connectivity index (χ3n) is 4.82. The van der Waals surface area contributed by atoms with E-state index < -0.39 is 0 Å². The van der Waals surface area contributed by atoms with Crippen LogP contribution in [0.25, 0.3) is 0 Å². The Kier molecular flexibility index (Phi) is 3.98. The van der Waals surface area contributed by atoms with Gasteiger partial charge in [0.2, 0.25) is 5.76 Å². The molecule has 1 saturated carbocycles. The summed E-state index contributed by atoms with van der Waals surface area (Å²) in [5.74, 6) is 1.46. The van der Waals surface area contributed by atoms with Crippen LogP contribution in [0.5, 0.6) is 5.88 Å². The average molecular weight is 327 g/mol. The number of piperidine rings is 1. The minimum absolute atomic E-state index is 0.206. The second-order valence-corrected chi connectivity index (χ2v) is 6.47. The minimum Gasteiger partial charge on any atom is -0.476 e. The van der Waals surface area contributed by atoms with Crippen LogP contribution in [0.1, 0.15) is 23.0 Å². The van der Waals surface area contributed by atoms with Gasteiger partial charge in [-0.3, -0.25) is 9.69 Å². The molecule has 1 amide bonds. The van der Waals surface area contributed by atoms with Gasteiger partial charge in [0.15, 0.2) is 0 Å². The fourth-order valence-electron chi connectivity index (χ4n) is 3.60. The normalized spacial score (nSPS) is 25.3. The van der Waals surface area contributed by atoms with Crippen molar-refractivity contribution in [3.8, 4) is 5.88 Å². The Hall–Kier alpha value is -2.34. The zero-order valence-electron chi connectivity index (χ0n) is 13.6. The van der Waals surface area contributed by atoms with Crippen LogP contribution < -0.4 is 10.1 Å². The molecule has 0 bridgehead atoms. The summed E-state index contributed by atoms with van der Waals surface area (Å²) >= 11 is 0. The summed E-state index contributed by atoms with van der Waals surface area (Å²) in [5.41, 5.74) is 1.34. The number of benzene rings is 1. The van der Waals surface area contributed by atoms with Gasteiger partial charge in [-0.2, -0.15) is 0 Å². The molecule has 1 aromatic carbocycles. The van der Waals surface area contributed by atoms with E-state index in [2.05, 4.69) is 39.6 Å². The quantitative estimate of drug-likeness (QED) is 0.878. The third-order valence-corrected chi connectivity index (χ3v) is 4.82. The lowest BCUT2D eigenvalue weighted by Gasteiger charge is -2.19. The van der Waals surface area contributed by atoms with E-state index in [0.29, 0.717) is 24.3 Å². The van der Waals surface area contributed by atoms with E-state index in [0.717, 1.165) is 19.6 Å². The fraction of sp³-hybridized carbons (Fsp3) is 0.444. The first-order valence-electron chi connectivity index (χ1n) is 8.41. The molecule has 4 rings (SSSR count). The molecule has 126 valence electrons. The highest BCUT2D eigenvalue weighted by Gasteiger charge is 2.56. The van der Waals surface area contributed by atoms with Gasteiger partial charge in [-0.25, -0.2) is 0 Å². The molecule has 1 aromatic heterocycles. The molecule has 1 unspecified atom stereocenters. The number of hydrogen-bond donors (Lipinski definition) is 1. The Bertz CT molecular complexity index is 703. The van der Waals surface area contributed by atoms with Gasteiger partial charge in [0.25, 0.3) is 11.8 Å². The standard InChI is InChI=1S/C18H21N3O3/c1-2-23-16-8-15(24-20-16)18(22)19-17-13-10-21(11-14(13)17)9-12-6-4-3-5-7-12/h3-8,13-14,17H,2,9-11H2,1H3,(H,19,22)/t13-,14+,17?. The van der Waals surface area contributed by atoms with Crippen LogP contribution in [0.15, 0.2) is 40.9 Å². The van der Waals surface area contributed by atoms with Crippen molar-refractivity contribution < 1.29 is 14.1 Å². The van der Waals surface area contributed by atoms with Crippen LogP contribution in [0.4, 0.5) is 0 Å². The molecule has 1 N–H and O–H groups in total. The molecule has 6 nitrogen and oxygen atoms in total. The van der Waals surface area contributed by atoms with Crippen molar-refractivity contribution in [2.24, 2.45) is 11.8 Å². The number of hydrogen-bond acceptors (Lipinski definition) is 5. The van der Waals surface area contributed by atoms with Gasteiger partial charge in [-0.15, -0.1) is 0 Å². The Balaban J connectivity index is 1.27. The van der Waals surface area contributed by atoms with Gasteiger partial charge in [0.05, 0.1) is 12.7 Å². The summed E-state index contributed by atoms with van der Waals surface area (Å²) in [6.07, 6.45) is 0. The summed E-state index contributed by atoms with van der Waals surface area (Å²) in [5, 5.41) is 6.78. The van der Waals surface area contributed by atoms with Gasteiger partial charge in [0, 0.05) is 25.7 Å². The maximum Gasteiger partial charge on any atom is 0.290 e. The summed E-state index contributed by atoms with van der Waals surface area (Å²) in [6, 6.07) is 12.3. The smallest absolute Gasteiger partial charge is 0.290 e. The van der Waals surface area contributed by atoms with E-state index in [4.69, 9.17) is 9.26 Å². The second kappa shape index (κ2) is 6.28. The number of nitrogens with zero attached hydrogens (tertiary/aromatic N) is 2. The molecule has 0 radical (unpaired) electrons. The van der Waals surface area contributed by atoms with Gasteiger partial charge in [-0.1, -0.05) is 30.3 Å². The van der Waals surface area contributed by atoms with Gasteiger partial charge < -0.3 is 14.6 Å². The van der Waals surface area contributed by atoms with Gasteiger partial charge >= 0.3 is 0 Å². The molecular formula is C18H21N3O3. The van der Waals surface area contributed by atoms with Gasteiger partial charge in [0.1, 0.15) is 0 Å². The first-order chi connectivity index (χ1) is 11.7. The largest absolute Gasteiger partial charge is 0.476 e. The molecule has 24 heavy (non-hydrogen) atoms. The average Bonchev–Trinajstić information content (AvgIpc) is 2.99. The number of carbonyl (C=O) groups is 1. The van der Waals surface area contributed by atoms with Crippen molar-refractivity contribution in [3.63, 3.8) is 0 Å². The Morgan fingerprint density at radius 3 is 2.79 bits per heavy atom. The van der Waals surface area contributed by atoms with Crippen LogP contribution >= 0.6 is 0 Å². The monoisotopic (exact) mass is 327 g/mol. The molecule has 3 atom stereocenters. The Morgan fingerprint density at radius 2 is 2.08 bits per heavy atom. The maximum atomic E-state index is 12.2. The lowest BCUT2D eigenvalue weighted by atomic mass is 10.2. The second-order valence-electron chi connectivity index (χ2n) is 6.47. The van der Waals surface area contributed by atoms with Crippen molar-refractivity contribution in [1.29, 1.82) is 0 Å². The highest BCUT2D eigenvalue weighted by molar-refractivity contribution is 5.92. The predicted molar refractivity (Wildman–Crippen MR) is 87.6 cm³/mol. The summed E-state index contributed by atoms with van der Waals surface area (Å²) < 4.78 is 10.2. The topological polar surface area (TPSA) is 67.6 Å². The number of ether oxygens (including phenoxy) is 1. The molecule has 2 fully saturated rings. The van der Waals surface area contributed by atoms with Crippen LogP contribution in [0, 0.1) is 11.8 Å². The van der Waals surface area contributed by atoms with E-state index in [1.807, 2.05) is 13.0 Å². The van der Waals surface area contributed by atoms with E-state index in [-0.39, 0.29) is 17.7 Å². The number of likely N-dealkylation sites (tertiary alicyclic amines) is 1. The molecule has 1 aliphatic heterocycles. The molecule has 2 aliphatic rings. The van der Waals surface area contributed by atoms with Gasteiger partial charge in [-0.05, 0) is 29.5 Å².